The second-order valence-corrected chi connectivity index (χ2v) is 8.55. The molecule has 156 valence electrons. The predicted octanol–water partition coefficient (Wildman–Crippen LogP) is 2.06. The molecule has 0 amide bonds. The molecular weight excluding hydrogens is 370 g/mol. The molecule has 5 rings (SSSR count). The number of likely N-dealkylation sites (tertiary alicyclic amines) is 1. The van der Waals surface area contributed by atoms with Crippen molar-refractivity contribution in [3.05, 3.63) is 39.4 Å². The molecule has 0 saturated carbocycles. The van der Waals surface area contributed by atoms with Crippen LogP contribution in [0.3, 0.4) is 0 Å². The van der Waals surface area contributed by atoms with Crippen LogP contribution in [0.5, 0.6) is 0 Å². The first-order valence-electron chi connectivity index (χ1n) is 11.0. The van der Waals surface area contributed by atoms with Gasteiger partial charge < -0.3 is 9.26 Å². The van der Waals surface area contributed by atoms with E-state index in [2.05, 4.69) is 15.0 Å². The predicted molar refractivity (Wildman–Crippen MR) is 106 cm³/mol. The molecule has 2 aliphatic heterocycles. The molecule has 0 bridgehead atoms. The molecule has 0 radical (unpaired) electrons. The normalized spacial score (nSPS) is 23.4. The Morgan fingerprint density at radius 1 is 1.10 bits per heavy atom. The van der Waals surface area contributed by atoms with Crippen LogP contribution in [0.25, 0.3) is 0 Å². The Morgan fingerprint density at radius 2 is 1.97 bits per heavy atom. The van der Waals surface area contributed by atoms with Crippen LogP contribution < -0.4 is 5.56 Å². The van der Waals surface area contributed by atoms with Gasteiger partial charge in [-0.25, -0.2) is 4.68 Å². The minimum atomic E-state index is 0.0267. The molecule has 0 aromatic carbocycles. The zero-order chi connectivity index (χ0) is 19.6. The van der Waals surface area contributed by atoms with E-state index in [-0.39, 0.29) is 11.6 Å². The lowest BCUT2D eigenvalue weighted by molar-refractivity contribution is 0.0778. The molecule has 2 fully saturated rings. The van der Waals surface area contributed by atoms with E-state index in [4.69, 9.17) is 14.4 Å². The molecule has 3 aliphatic rings. The summed E-state index contributed by atoms with van der Waals surface area (Å²) < 4.78 is 12.6. The summed E-state index contributed by atoms with van der Waals surface area (Å²) in [5.41, 5.74) is 2.28. The van der Waals surface area contributed by atoms with Crippen LogP contribution in [0.4, 0.5) is 0 Å². The number of aromatic nitrogens is 4. The SMILES string of the molecule is O=c1cc2c(nn1CC1CCCN1Cc1noc(C3CCOCC3)n1)CCCC2. The number of hydrogen-bond acceptors (Lipinski definition) is 7. The van der Waals surface area contributed by atoms with Gasteiger partial charge in [-0.3, -0.25) is 9.69 Å². The van der Waals surface area contributed by atoms with Crippen molar-refractivity contribution in [1.82, 2.24) is 24.8 Å². The first-order valence-corrected chi connectivity index (χ1v) is 11.0. The van der Waals surface area contributed by atoms with Crippen LogP contribution in [-0.2, 0) is 30.7 Å². The highest BCUT2D eigenvalue weighted by Gasteiger charge is 2.28. The highest BCUT2D eigenvalue weighted by molar-refractivity contribution is 5.20. The van der Waals surface area contributed by atoms with Gasteiger partial charge in [0.15, 0.2) is 5.82 Å². The average molecular weight is 399 g/mol. The minimum Gasteiger partial charge on any atom is -0.381 e. The third-order valence-corrected chi connectivity index (χ3v) is 6.56. The van der Waals surface area contributed by atoms with E-state index in [0.717, 1.165) is 87.7 Å². The molecule has 8 heteroatoms. The summed E-state index contributed by atoms with van der Waals surface area (Å²) in [5.74, 6) is 1.80. The maximum absolute atomic E-state index is 12.6. The van der Waals surface area contributed by atoms with Crippen LogP contribution in [0.2, 0.25) is 0 Å². The largest absolute Gasteiger partial charge is 0.381 e. The molecule has 1 unspecified atom stereocenters. The Labute approximate surface area is 170 Å². The molecule has 1 atom stereocenters. The van der Waals surface area contributed by atoms with Crippen LogP contribution in [-0.4, -0.2) is 50.6 Å². The summed E-state index contributed by atoms with van der Waals surface area (Å²) in [6.45, 7) is 3.82. The fourth-order valence-electron chi connectivity index (χ4n) is 4.87. The Hall–Kier alpha value is -2.06. The Bertz CT molecular complexity index is 902. The summed E-state index contributed by atoms with van der Waals surface area (Å²) >= 11 is 0. The maximum atomic E-state index is 12.6. The molecule has 2 aromatic rings. The van der Waals surface area contributed by atoms with E-state index in [9.17, 15) is 4.79 Å². The van der Waals surface area contributed by atoms with Crippen molar-refractivity contribution >= 4 is 0 Å². The van der Waals surface area contributed by atoms with Gasteiger partial charge in [-0.1, -0.05) is 5.16 Å². The van der Waals surface area contributed by atoms with Gasteiger partial charge in [-0.2, -0.15) is 10.1 Å². The van der Waals surface area contributed by atoms with E-state index in [1.165, 1.54) is 6.42 Å². The van der Waals surface area contributed by atoms with Crippen LogP contribution in [0.1, 0.15) is 67.4 Å². The molecule has 4 heterocycles. The molecule has 2 aromatic heterocycles. The summed E-state index contributed by atoms with van der Waals surface area (Å²) in [5, 5.41) is 8.92. The van der Waals surface area contributed by atoms with Gasteiger partial charge >= 0.3 is 0 Å². The lowest BCUT2D eigenvalue weighted by Gasteiger charge is -2.24. The molecule has 2 saturated heterocycles. The van der Waals surface area contributed by atoms with Gasteiger partial charge in [-0.05, 0) is 63.5 Å². The summed E-state index contributed by atoms with van der Waals surface area (Å²) in [7, 11) is 0. The minimum absolute atomic E-state index is 0.0267. The van der Waals surface area contributed by atoms with E-state index >= 15 is 0 Å². The van der Waals surface area contributed by atoms with Crippen LogP contribution in [0.15, 0.2) is 15.4 Å². The Kier molecular flexibility index (Phi) is 5.46. The van der Waals surface area contributed by atoms with Crippen molar-refractivity contribution in [3.8, 4) is 0 Å². The van der Waals surface area contributed by atoms with Crippen molar-refractivity contribution in [2.45, 2.75) is 76.4 Å². The van der Waals surface area contributed by atoms with Gasteiger partial charge in [0.05, 0.1) is 18.8 Å². The number of rotatable bonds is 5. The van der Waals surface area contributed by atoms with Crippen LogP contribution in [0, 0.1) is 0 Å². The standard InChI is InChI=1S/C21H29N5O3/c27-20-12-16-4-1-2-6-18(16)23-26(20)13-17-5-3-9-25(17)14-19-22-21(29-24-19)15-7-10-28-11-8-15/h12,15,17H,1-11,13-14H2. The van der Waals surface area contributed by atoms with E-state index in [1.807, 2.05) is 0 Å². The second-order valence-electron chi connectivity index (χ2n) is 8.55. The van der Waals surface area contributed by atoms with Crippen molar-refractivity contribution in [2.75, 3.05) is 19.8 Å². The summed E-state index contributed by atoms with van der Waals surface area (Å²) in [4.78, 5) is 19.6. The van der Waals surface area contributed by atoms with E-state index < -0.39 is 0 Å². The van der Waals surface area contributed by atoms with E-state index in [1.54, 1.807) is 10.7 Å². The van der Waals surface area contributed by atoms with Crippen molar-refractivity contribution in [2.24, 2.45) is 0 Å². The van der Waals surface area contributed by atoms with E-state index in [0.29, 0.717) is 19.0 Å². The summed E-state index contributed by atoms with van der Waals surface area (Å²) in [6.07, 6.45) is 8.38. The second kappa shape index (κ2) is 8.36. The zero-order valence-electron chi connectivity index (χ0n) is 16.9. The number of nitrogens with zero attached hydrogens (tertiary/aromatic N) is 5. The number of fused-ring (bicyclic) bond motifs is 1. The number of hydrogen-bond donors (Lipinski definition) is 0. The lowest BCUT2D eigenvalue weighted by Crippen LogP contribution is -2.37. The fraction of sp³-hybridized carbons (Fsp3) is 0.714. The molecule has 0 spiro atoms. The third-order valence-electron chi connectivity index (χ3n) is 6.56. The van der Waals surface area contributed by atoms with Crippen molar-refractivity contribution in [1.29, 1.82) is 0 Å². The van der Waals surface area contributed by atoms with Gasteiger partial charge in [0, 0.05) is 31.2 Å². The molecule has 8 nitrogen and oxygen atoms in total. The van der Waals surface area contributed by atoms with Gasteiger partial charge in [0.25, 0.3) is 5.56 Å². The molecular formula is C21H29N5O3. The highest BCUT2D eigenvalue weighted by atomic mass is 16.5. The molecule has 29 heavy (non-hydrogen) atoms. The first kappa shape index (κ1) is 18.9. The molecule has 1 aliphatic carbocycles. The average Bonchev–Trinajstić information content (AvgIpc) is 3.39. The van der Waals surface area contributed by atoms with Gasteiger partial charge in [-0.15, -0.1) is 0 Å². The van der Waals surface area contributed by atoms with Crippen molar-refractivity contribution in [3.63, 3.8) is 0 Å². The van der Waals surface area contributed by atoms with Crippen LogP contribution >= 0.6 is 0 Å². The third kappa shape index (κ3) is 4.14. The van der Waals surface area contributed by atoms with Crippen molar-refractivity contribution < 1.29 is 9.26 Å². The van der Waals surface area contributed by atoms with Gasteiger partial charge in [0.1, 0.15) is 0 Å². The summed E-state index contributed by atoms with van der Waals surface area (Å²) in [6, 6.07) is 2.09. The first-order chi connectivity index (χ1) is 14.3. The Morgan fingerprint density at radius 3 is 2.86 bits per heavy atom. The van der Waals surface area contributed by atoms with Gasteiger partial charge in [0.2, 0.25) is 5.89 Å². The quantitative estimate of drug-likeness (QED) is 0.761. The maximum Gasteiger partial charge on any atom is 0.267 e. The lowest BCUT2D eigenvalue weighted by atomic mass is 9.97. The molecule has 0 N–H and O–H groups in total. The smallest absolute Gasteiger partial charge is 0.267 e. The topological polar surface area (TPSA) is 86.3 Å². The number of aryl methyl sites for hydroxylation is 2. The fourth-order valence-corrected chi connectivity index (χ4v) is 4.87. The monoisotopic (exact) mass is 399 g/mol. The number of ether oxygens (including phenoxy) is 1. The Balaban J connectivity index is 1.26. The zero-order valence-corrected chi connectivity index (χ0v) is 16.9. The highest BCUT2D eigenvalue weighted by Crippen LogP contribution is 2.26.